The van der Waals surface area contributed by atoms with Crippen molar-refractivity contribution in [2.75, 3.05) is 32.5 Å². The summed E-state index contributed by atoms with van der Waals surface area (Å²) in [7, 11) is 1.46. The highest BCUT2D eigenvalue weighted by Crippen LogP contribution is 2.21. The summed E-state index contributed by atoms with van der Waals surface area (Å²) in [6.45, 7) is 5.00. The molecule has 3 N–H and O–H groups in total. The number of nitrogens with two attached hydrogens (primary N) is 1. The predicted molar refractivity (Wildman–Crippen MR) is 77.7 cm³/mol. The molecule has 0 aliphatic rings. The molecule has 20 heavy (non-hydrogen) atoms. The number of hydrogen-bond donors (Lipinski definition) is 2. The molecule has 110 valence electrons. The number of amides is 2. The molecule has 1 aromatic rings. The molecular formula is C14H21N3O3. The monoisotopic (exact) mass is 279 g/mol. The van der Waals surface area contributed by atoms with Crippen molar-refractivity contribution in [1.82, 2.24) is 10.2 Å². The zero-order chi connectivity index (χ0) is 15.1. The number of hydrogen-bond acceptors (Lipinski definition) is 4. The standard InChI is InChI=1S/C14H21N3O3/c1-4-17(5-2)13(18)9-16-14(19)11-7-6-10(15)8-12(11)20-3/h6-8H,4-5,9,15H2,1-3H3,(H,16,19). The number of nitrogens with one attached hydrogen (secondary N) is 1. The molecule has 0 unspecified atom stereocenters. The molecule has 6 nitrogen and oxygen atoms in total. The first-order valence-corrected chi connectivity index (χ1v) is 6.52. The Morgan fingerprint density at radius 3 is 2.50 bits per heavy atom. The van der Waals surface area contributed by atoms with Gasteiger partial charge in [-0.1, -0.05) is 0 Å². The lowest BCUT2D eigenvalue weighted by atomic mass is 10.1. The van der Waals surface area contributed by atoms with E-state index < -0.39 is 0 Å². The number of carbonyl (C=O) groups is 2. The summed E-state index contributed by atoms with van der Waals surface area (Å²) in [5.41, 5.74) is 6.50. The van der Waals surface area contributed by atoms with E-state index in [-0.39, 0.29) is 18.4 Å². The van der Waals surface area contributed by atoms with E-state index >= 15 is 0 Å². The molecule has 0 spiro atoms. The van der Waals surface area contributed by atoms with Gasteiger partial charge in [-0.3, -0.25) is 9.59 Å². The normalized spacial score (nSPS) is 9.95. The molecule has 0 fully saturated rings. The Morgan fingerprint density at radius 2 is 1.95 bits per heavy atom. The van der Waals surface area contributed by atoms with E-state index in [0.717, 1.165) is 0 Å². The molecular weight excluding hydrogens is 258 g/mol. The van der Waals surface area contributed by atoms with Gasteiger partial charge in [-0.25, -0.2) is 0 Å². The van der Waals surface area contributed by atoms with Gasteiger partial charge in [0, 0.05) is 24.8 Å². The average molecular weight is 279 g/mol. The number of carbonyl (C=O) groups excluding carboxylic acids is 2. The van der Waals surface area contributed by atoms with Gasteiger partial charge in [0.1, 0.15) is 5.75 Å². The number of rotatable bonds is 6. The molecule has 0 radical (unpaired) electrons. The third-order valence-electron chi connectivity index (χ3n) is 2.99. The van der Waals surface area contributed by atoms with Gasteiger partial charge in [0.25, 0.3) is 5.91 Å². The first-order chi connectivity index (χ1) is 9.53. The van der Waals surface area contributed by atoms with Crippen LogP contribution < -0.4 is 15.8 Å². The molecule has 0 aliphatic carbocycles. The molecule has 0 bridgehead atoms. The topological polar surface area (TPSA) is 84.7 Å². The number of nitrogens with zero attached hydrogens (tertiary/aromatic N) is 1. The summed E-state index contributed by atoms with van der Waals surface area (Å²) >= 11 is 0. The summed E-state index contributed by atoms with van der Waals surface area (Å²) < 4.78 is 5.11. The minimum atomic E-state index is -0.359. The summed E-state index contributed by atoms with van der Waals surface area (Å²) in [5.74, 6) is -0.0853. The van der Waals surface area contributed by atoms with Crippen molar-refractivity contribution in [3.8, 4) is 5.75 Å². The van der Waals surface area contributed by atoms with Crippen molar-refractivity contribution in [1.29, 1.82) is 0 Å². The predicted octanol–water partition coefficient (Wildman–Crippen LogP) is 0.876. The lowest BCUT2D eigenvalue weighted by Crippen LogP contribution is -2.40. The van der Waals surface area contributed by atoms with Crippen LogP contribution in [0.5, 0.6) is 5.75 Å². The summed E-state index contributed by atoms with van der Waals surface area (Å²) in [4.78, 5) is 25.5. The van der Waals surface area contributed by atoms with Gasteiger partial charge in [0.15, 0.2) is 0 Å². The zero-order valence-electron chi connectivity index (χ0n) is 12.1. The second-order valence-electron chi connectivity index (χ2n) is 4.21. The Hall–Kier alpha value is -2.24. The Morgan fingerprint density at radius 1 is 1.30 bits per heavy atom. The summed E-state index contributed by atoms with van der Waals surface area (Å²) in [6, 6.07) is 4.76. The fourth-order valence-electron chi connectivity index (χ4n) is 1.83. The van der Waals surface area contributed by atoms with E-state index in [0.29, 0.717) is 30.1 Å². The number of anilines is 1. The largest absolute Gasteiger partial charge is 0.496 e. The van der Waals surface area contributed by atoms with Crippen LogP contribution in [-0.4, -0.2) is 43.5 Å². The van der Waals surface area contributed by atoms with Gasteiger partial charge >= 0.3 is 0 Å². The number of ether oxygens (including phenoxy) is 1. The van der Waals surface area contributed by atoms with Gasteiger partial charge in [-0.15, -0.1) is 0 Å². The van der Waals surface area contributed by atoms with Crippen LogP contribution in [-0.2, 0) is 4.79 Å². The fraction of sp³-hybridized carbons (Fsp3) is 0.429. The molecule has 0 saturated carbocycles. The van der Waals surface area contributed by atoms with E-state index in [1.165, 1.54) is 7.11 Å². The first kappa shape index (κ1) is 15.8. The zero-order valence-corrected chi connectivity index (χ0v) is 12.1. The average Bonchev–Trinajstić information content (AvgIpc) is 2.45. The van der Waals surface area contributed by atoms with Gasteiger partial charge in [0.05, 0.1) is 19.2 Å². The smallest absolute Gasteiger partial charge is 0.255 e. The van der Waals surface area contributed by atoms with Crippen LogP contribution in [0.4, 0.5) is 5.69 Å². The van der Waals surface area contributed by atoms with E-state index in [4.69, 9.17) is 10.5 Å². The quantitative estimate of drug-likeness (QED) is 0.757. The van der Waals surface area contributed by atoms with Crippen LogP contribution in [0.25, 0.3) is 0 Å². The van der Waals surface area contributed by atoms with Gasteiger partial charge in [-0.05, 0) is 26.0 Å². The van der Waals surface area contributed by atoms with Crippen LogP contribution in [0, 0.1) is 0 Å². The molecule has 0 heterocycles. The number of benzene rings is 1. The maximum atomic E-state index is 12.0. The summed E-state index contributed by atoms with van der Waals surface area (Å²) in [6.07, 6.45) is 0. The lowest BCUT2D eigenvalue weighted by Gasteiger charge is -2.19. The minimum absolute atomic E-state index is 0.0337. The second kappa shape index (κ2) is 7.37. The Kier molecular flexibility index (Phi) is 5.83. The van der Waals surface area contributed by atoms with Crippen molar-refractivity contribution >= 4 is 17.5 Å². The van der Waals surface area contributed by atoms with Crippen molar-refractivity contribution in [3.63, 3.8) is 0 Å². The van der Waals surface area contributed by atoms with Gasteiger partial charge in [-0.2, -0.15) is 0 Å². The highest BCUT2D eigenvalue weighted by molar-refractivity contribution is 5.99. The van der Waals surface area contributed by atoms with Crippen LogP contribution in [0.15, 0.2) is 18.2 Å². The van der Waals surface area contributed by atoms with Crippen LogP contribution in [0.1, 0.15) is 24.2 Å². The van der Waals surface area contributed by atoms with Crippen molar-refractivity contribution in [3.05, 3.63) is 23.8 Å². The van der Waals surface area contributed by atoms with Crippen LogP contribution >= 0.6 is 0 Å². The maximum Gasteiger partial charge on any atom is 0.255 e. The molecule has 0 aliphatic heterocycles. The van der Waals surface area contributed by atoms with Gasteiger partial charge < -0.3 is 20.7 Å². The van der Waals surface area contributed by atoms with Crippen LogP contribution in [0.3, 0.4) is 0 Å². The Bertz CT molecular complexity index is 485. The number of methoxy groups -OCH3 is 1. The molecule has 2 amide bonds. The van der Waals surface area contributed by atoms with E-state index in [1.807, 2.05) is 13.8 Å². The Labute approximate surface area is 118 Å². The maximum absolute atomic E-state index is 12.0. The van der Waals surface area contributed by atoms with Crippen molar-refractivity contribution < 1.29 is 14.3 Å². The fourth-order valence-corrected chi connectivity index (χ4v) is 1.83. The molecule has 1 aromatic carbocycles. The highest BCUT2D eigenvalue weighted by Gasteiger charge is 2.15. The van der Waals surface area contributed by atoms with E-state index in [9.17, 15) is 9.59 Å². The van der Waals surface area contributed by atoms with Gasteiger partial charge in [0.2, 0.25) is 5.91 Å². The van der Waals surface area contributed by atoms with Crippen molar-refractivity contribution in [2.45, 2.75) is 13.8 Å². The molecule has 0 aromatic heterocycles. The second-order valence-corrected chi connectivity index (χ2v) is 4.21. The highest BCUT2D eigenvalue weighted by atomic mass is 16.5. The number of likely N-dealkylation sites (N-methyl/N-ethyl adjacent to an activating group) is 1. The summed E-state index contributed by atoms with van der Waals surface area (Å²) in [5, 5.41) is 2.59. The SMILES string of the molecule is CCN(CC)C(=O)CNC(=O)c1ccc(N)cc1OC. The van der Waals surface area contributed by atoms with Crippen molar-refractivity contribution in [2.24, 2.45) is 0 Å². The van der Waals surface area contributed by atoms with E-state index in [1.54, 1.807) is 23.1 Å². The molecule has 1 rings (SSSR count). The van der Waals surface area contributed by atoms with E-state index in [2.05, 4.69) is 5.32 Å². The minimum Gasteiger partial charge on any atom is -0.496 e. The third-order valence-corrected chi connectivity index (χ3v) is 2.99. The molecule has 0 atom stereocenters. The molecule has 0 saturated heterocycles. The lowest BCUT2D eigenvalue weighted by molar-refractivity contribution is -0.129. The first-order valence-electron chi connectivity index (χ1n) is 6.52. The number of nitrogen functional groups attached to an aromatic ring is 1. The Balaban J connectivity index is 2.70. The third kappa shape index (κ3) is 3.88. The molecule has 6 heteroatoms. The van der Waals surface area contributed by atoms with Crippen LogP contribution in [0.2, 0.25) is 0 Å².